The molecule has 2 heterocycles. The summed E-state index contributed by atoms with van der Waals surface area (Å²) in [5, 5.41) is 12.0. The van der Waals surface area contributed by atoms with E-state index in [4.69, 9.17) is 11.6 Å². The average molecular weight is 225 g/mol. The van der Waals surface area contributed by atoms with E-state index in [2.05, 4.69) is 30.7 Å². The highest BCUT2D eigenvalue weighted by atomic mass is 35.5. The van der Waals surface area contributed by atoms with Crippen LogP contribution in [0.15, 0.2) is 18.5 Å². The van der Waals surface area contributed by atoms with Crippen LogP contribution >= 0.6 is 11.6 Å². The summed E-state index contributed by atoms with van der Waals surface area (Å²) in [5.41, 5.74) is 0.171. The lowest BCUT2D eigenvalue weighted by Crippen LogP contribution is -2.13. The first-order chi connectivity index (χ1) is 7.25. The number of carbonyl (C=O) groups excluding carboxylic acids is 1. The van der Waals surface area contributed by atoms with Crippen molar-refractivity contribution < 1.29 is 4.79 Å². The number of nitrogens with zero attached hydrogens (tertiary/aromatic N) is 4. The second-order valence-electron chi connectivity index (χ2n) is 2.52. The van der Waals surface area contributed by atoms with E-state index in [1.807, 2.05) is 0 Å². The third-order valence-electron chi connectivity index (χ3n) is 1.52. The molecule has 0 saturated carbocycles. The van der Waals surface area contributed by atoms with Gasteiger partial charge in [0.1, 0.15) is 5.82 Å². The van der Waals surface area contributed by atoms with Crippen molar-refractivity contribution in [2.45, 2.75) is 0 Å². The summed E-state index contributed by atoms with van der Waals surface area (Å²) < 4.78 is 0. The summed E-state index contributed by atoms with van der Waals surface area (Å²) in [5.74, 6) is -0.110. The monoisotopic (exact) mass is 224 g/mol. The van der Waals surface area contributed by atoms with Crippen molar-refractivity contribution in [2.75, 3.05) is 5.32 Å². The molecular weight excluding hydrogens is 220 g/mol. The summed E-state index contributed by atoms with van der Waals surface area (Å²) in [4.78, 5) is 18.9. The Kier molecular flexibility index (Phi) is 2.55. The van der Waals surface area contributed by atoms with Gasteiger partial charge in [0.2, 0.25) is 5.28 Å². The van der Waals surface area contributed by atoms with Crippen LogP contribution in [0.2, 0.25) is 5.28 Å². The normalized spacial score (nSPS) is 9.93. The van der Waals surface area contributed by atoms with E-state index in [9.17, 15) is 4.79 Å². The molecule has 8 heteroatoms. The van der Waals surface area contributed by atoms with Crippen LogP contribution in [0.5, 0.6) is 0 Å². The van der Waals surface area contributed by atoms with Gasteiger partial charge in [0.05, 0.1) is 6.20 Å². The van der Waals surface area contributed by atoms with Crippen LogP contribution in [0, 0.1) is 0 Å². The number of hydrogen-bond acceptors (Lipinski definition) is 5. The molecule has 2 aromatic rings. The molecule has 0 fully saturated rings. The number of amides is 1. The molecule has 76 valence electrons. The minimum Gasteiger partial charge on any atom is -0.305 e. The molecule has 0 aliphatic carbocycles. The molecule has 0 saturated heterocycles. The first kappa shape index (κ1) is 9.53. The minimum atomic E-state index is -0.418. The molecule has 15 heavy (non-hydrogen) atoms. The van der Waals surface area contributed by atoms with Gasteiger partial charge in [0.15, 0.2) is 5.69 Å². The third kappa shape index (κ3) is 2.26. The minimum absolute atomic E-state index is 0.0629. The molecule has 0 unspecified atom stereocenters. The number of nitrogens with one attached hydrogen (secondary N) is 2. The lowest BCUT2D eigenvalue weighted by Gasteiger charge is -2.00. The Bertz CT molecular complexity index is 470. The molecule has 0 aliphatic heterocycles. The molecular formula is C7H5ClN6O. The van der Waals surface area contributed by atoms with E-state index in [1.54, 1.807) is 0 Å². The number of hydrogen-bond donors (Lipinski definition) is 2. The summed E-state index contributed by atoms with van der Waals surface area (Å²) >= 11 is 5.55. The first-order valence-corrected chi connectivity index (χ1v) is 4.29. The van der Waals surface area contributed by atoms with Crippen LogP contribution < -0.4 is 5.32 Å². The molecule has 2 aromatic heterocycles. The highest BCUT2D eigenvalue weighted by Crippen LogP contribution is 2.06. The van der Waals surface area contributed by atoms with Crippen molar-refractivity contribution in [3.63, 3.8) is 0 Å². The van der Waals surface area contributed by atoms with Crippen molar-refractivity contribution in [1.82, 2.24) is 25.4 Å². The van der Waals surface area contributed by atoms with Crippen LogP contribution in [-0.2, 0) is 0 Å². The van der Waals surface area contributed by atoms with Crippen LogP contribution in [0.25, 0.3) is 0 Å². The number of aromatic amines is 1. The van der Waals surface area contributed by atoms with Crippen molar-refractivity contribution in [1.29, 1.82) is 0 Å². The maximum Gasteiger partial charge on any atom is 0.278 e. The largest absolute Gasteiger partial charge is 0.305 e. The van der Waals surface area contributed by atoms with Crippen LogP contribution in [0.1, 0.15) is 10.5 Å². The van der Waals surface area contributed by atoms with Gasteiger partial charge in [-0.15, -0.1) is 0 Å². The molecule has 0 aromatic carbocycles. The van der Waals surface area contributed by atoms with E-state index < -0.39 is 5.91 Å². The van der Waals surface area contributed by atoms with Crippen LogP contribution in [0.4, 0.5) is 5.82 Å². The van der Waals surface area contributed by atoms with Crippen molar-refractivity contribution in [2.24, 2.45) is 0 Å². The quantitative estimate of drug-likeness (QED) is 0.724. The third-order valence-corrected chi connectivity index (χ3v) is 1.70. The lowest BCUT2D eigenvalue weighted by molar-refractivity contribution is 0.102. The first-order valence-electron chi connectivity index (χ1n) is 3.91. The van der Waals surface area contributed by atoms with E-state index >= 15 is 0 Å². The number of rotatable bonds is 2. The second-order valence-corrected chi connectivity index (χ2v) is 2.86. The lowest BCUT2D eigenvalue weighted by atomic mass is 10.4. The maximum atomic E-state index is 11.4. The summed E-state index contributed by atoms with van der Waals surface area (Å²) in [6.07, 6.45) is 2.74. The Morgan fingerprint density at radius 3 is 3.07 bits per heavy atom. The van der Waals surface area contributed by atoms with Gasteiger partial charge < -0.3 is 5.32 Å². The van der Waals surface area contributed by atoms with E-state index in [-0.39, 0.29) is 11.0 Å². The molecule has 7 nitrogen and oxygen atoms in total. The number of halogens is 1. The van der Waals surface area contributed by atoms with Gasteiger partial charge in [0.25, 0.3) is 5.91 Å². The zero-order valence-corrected chi connectivity index (χ0v) is 8.06. The molecule has 0 bridgehead atoms. The molecule has 0 aliphatic rings. The molecule has 0 spiro atoms. The van der Waals surface area contributed by atoms with Crippen LogP contribution in [0.3, 0.4) is 0 Å². The Hall–Kier alpha value is -2.02. The van der Waals surface area contributed by atoms with Gasteiger partial charge in [-0.3, -0.25) is 4.79 Å². The predicted octanol–water partition coefficient (Wildman–Crippen LogP) is 0.500. The van der Waals surface area contributed by atoms with Gasteiger partial charge >= 0.3 is 0 Å². The molecule has 2 rings (SSSR count). The highest BCUT2D eigenvalue weighted by Gasteiger charge is 2.09. The van der Waals surface area contributed by atoms with Crippen molar-refractivity contribution >= 4 is 23.3 Å². The standard InChI is InChI=1S/C7H5ClN6O/c8-7-9-2-1-5(12-7)11-6(15)4-3-10-14-13-4/h1-3H,(H,10,13,14)(H,9,11,12,15). The molecule has 1 amide bonds. The van der Waals surface area contributed by atoms with Gasteiger partial charge in [-0.2, -0.15) is 15.4 Å². The fraction of sp³-hybridized carbons (Fsp3) is 0. The Morgan fingerprint density at radius 1 is 1.53 bits per heavy atom. The molecule has 0 radical (unpaired) electrons. The number of carbonyl (C=O) groups is 1. The Labute approximate surface area is 88.9 Å². The van der Waals surface area contributed by atoms with E-state index in [0.29, 0.717) is 5.82 Å². The molecule has 2 N–H and O–H groups in total. The highest BCUT2D eigenvalue weighted by molar-refractivity contribution is 6.28. The summed E-state index contributed by atoms with van der Waals surface area (Å²) in [6.45, 7) is 0. The number of aromatic nitrogens is 5. The fourth-order valence-electron chi connectivity index (χ4n) is 0.896. The second kappa shape index (κ2) is 4.01. The van der Waals surface area contributed by atoms with E-state index in [1.165, 1.54) is 18.5 Å². The van der Waals surface area contributed by atoms with Crippen molar-refractivity contribution in [3.05, 3.63) is 29.4 Å². The number of H-pyrrole nitrogens is 1. The predicted molar refractivity (Wildman–Crippen MR) is 51.4 cm³/mol. The summed E-state index contributed by atoms with van der Waals surface area (Å²) in [7, 11) is 0. The molecule has 0 atom stereocenters. The Morgan fingerprint density at radius 2 is 2.40 bits per heavy atom. The topological polar surface area (TPSA) is 96.5 Å². The van der Waals surface area contributed by atoms with Crippen LogP contribution in [-0.4, -0.2) is 31.3 Å². The van der Waals surface area contributed by atoms with Gasteiger partial charge in [-0.05, 0) is 17.7 Å². The Balaban J connectivity index is 2.13. The van der Waals surface area contributed by atoms with Gasteiger partial charge in [0, 0.05) is 6.20 Å². The SMILES string of the molecule is O=C(Nc1ccnc(Cl)n1)c1cn[nH]n1. The smallest absolute Gasteiger partial charge is 0.278 e. The van der Waals surface area contributed by atoms with E-state index in [0.717, 1.165) is 0 Å². The van der Waals surface area contributed by atoms with Gasteiger partial charge in [-0.25, -0.2) is 9.97 Å². The average Bonchev–Trinajstić information content (AvgIpc) is 2.70. The maximum absolute atomic E-state index is 11.4. The number of anilines is 1. The zero-order valence-electron chi connectivity index (χ0n) is 7.31. The van der Waals surface area contributed by atoms with Gasteiger partial charge in [-0.1, -0.05) is 0 Å². The summed E-state index contributed by atoms with van der Waals surface area (Å²) in [6, 6.07) is 1.52. The fourth-order valence-corrected chi connectivity index (χ4v) is 1.04. The van der Waals surface area contributed by atoms with Crippen molar-refractivity contribution in [3.8, 4) is 0 Å². The zero-order chi connectivity index (χ0) is 10.7.